The van der Waals surface area contributed by atoms with Gasteiger partial charge in [0.05, 0.1) is 23.6 Å². The predicted octanol–water partition coefficient (Wildman–Crippen LogP) is 4.42. The molecule has 3 N–H and O–H groups in total. The van der Waals surface area contributed by atoms with Gasteiger partial charge in [-0.05, 0) is 79.5 Å². The van der Waals surface area contributed by atoms with Crippen molar-refractivity contribution in [1.29, 1.82) is 0 Å². The highest BCUT2D eigenvalue weighted by molar-refractivity contribution is 7.89. The number of aliphatic hydroxyl groups excluding tert-OH is 2. The third-order valence-corrected chi connectivity index (χ3v) is 12.2. The number of nitrogens with one attached hydrogen (secondary N) is 1. The lowest BCUT2D eigenvalue weighted by Crippen LogP contribution is -2.57. The summed E-state index contributed by atoms with van der Waals surface area (Å²) in [6, 6.07) is 11.3. The van der Waals surface area contributed by atoms with E-state index in [0.29, 0.717) is 17.9 Å². The van der Waals surface area contributed by atoms with Crippen LogP contribution in [-0.2, 0) is 14.4 Å². The largest absolute Gasteiger partial charge is 0.457 e. The van der Waals surface area contributed by atoms with Crippen molar-refractivity contribution in [2.75, 3.05) is 19.8 Å². The van der Waals surface area contributed by atoms with Crippen LogP contribution in [0.4, 0.5) is 4.39 Å². The maximum Gasteiger partial charge on any atom is 0.241 e. The van der Waals surface area contributed by atoms with Crippen molar-refractivity contribution in [2.24, 2.45) is 0 Å². The molecule has 2 rings (SSSR count). The Morgan fingerprint density at radius 3 is 1.97 bits per heavy atom. The maximum absolute atomic E-state index is 13.2. The zero-order chi connectivity index (χ0) is 25.6. The van der Waals surface area contributed by atoms with E-state index in [1.165, 1.54) is 48.5 Å². The molecule has 2 aromatic rings. The van der Waals surface area contributed by atoms with Crippen molar-refractivity contribution in [3.8, 4) is 11.5 Å². The molecule has 190 valence electrons. The van der Waals surface area contributed by atoms with Crippen LogP contribution in [0.15, 0.2) is 53.4 Å². The number of hydrogen-bond donors (Lipinski definition) is 3. The van der Waals surface area contributed by atoms with Crippen molar-refractivity contribution in [3.05, 3.63) is 54.3 Å². The fraction of sp³-hybridized carbons (Fsp3) is 0.500. The minimum Gasteiger partial charge on any atom is -0.457 e. The van der Waals surface area contributed by atoms with E-state index in [-0.39, 0.29) is 35.4 Å². The standard InChI is InChI=1S/C24H36FNO6SSi/c1-23(2,3)34(4,5)31-18-24(17-28,15-6-16-27)26-33(29,30)22-13-11-21(12-14-22)32-20-9-7-19(25)8-10-20/h7-14,26-28H,6,15-18H2,1-5H3. The second-order valence-electron chi connectivity index (χ2n) is 9.95. The molecule has 0 heterocycles. The van der Waals surface area contributed by atoms with E-state index in [4.69, 9.17) is 9.16 Å². The molecule has 0 saturated carbocycles. The fourth-order valence-corrected chi connectivity index (χ4v) is 5.41. The van der Waals surface area contributed by atoms with Crippen molar-refractivity contribution in [3.63, 3.8) is 0 Å². The highest BCUT2D eigenvalue weighted by Crippen LogP contribution is 2.37. The SMILES string of the molecule is CC(C)(C)[Si](C)(C)OCC(CO)(CCCO)NS(=O)(=O)c1ccc(Oc2ccc(F)cc2)cc1. The Balaban J connectivity index is 2.22. The van der Waals surface area contributed by atoms with E-state index < -0.39 is 30.5 Å². The topological polar surface area (TPSA) is 105 Å². The van der Waals surface area contributed by atoms with Gasteiger partial charge in [0.1, 0.15) is 17.3 Å². The average molecular weight is 514 g/mol. The summed E-state index contributed by atoms with van der Waals surface area (Å²) in [5.74, 6) is 0.424. The zero-order valence-corrected chi connectivity index (χ0v) is 22.3. The van der Waals surface area contributed by atoms with Crippen molar-refractivity contribution >= 4 is 18.3 Å². The van der Waals surface area contributed by atoms with E-state index in [1.54, 1.807) is 0 Å². The second-order valence-corrected chi connectivity index (χ2v) is 16.4. The van der Waals surface area contributed by atoms with Crippen LogP contribution in [0.25, 0.3) is 0 Å². The quantitative estimate of drug-likeness (QED) is 0.363. The molecule has 0 amide bonds. The Labute approximate surface area is 203 Å². The molecule has 0 aliphatic heterocycles. The molecule has 2 aromatic carbocycles. The number of hydrogen-bond acceptors (Lipinski definition) is 6. The van der Waals surface area contributed by atoms with Gasteiger partial charge >= 0.3 is 0 Å². The summed E-state index contributed by atoms with van der Waals surface area (Å²) in [5, 5.41) is 19.5. The van der Waals surface area contributed by atoms with E-state index in [1.807, 2.05) is 0 Å². The molecule has 0 spiro atoms. The Morgan fingerprint density at radius 1 is 0.971 bits per heavy atom. The Bertz CT molecular complexity index is 1020. The molecule has 0 aliphatic carbocycles. The molecule has 0 bridgehead atoms. The smallest absolute Gasteiger partial charge is 0.241 e. The molecular weight excluding hydrogens is 477 g/mol. The van der Waals surface area contributed by atoms with Gasteiger partial charge < -0.3 is 19.4 Å². The molecule has 10 heteroatoms. The summed E-state index contributed by atoms with van der Waals surface area (Å²) in [6.07, 6.45) is 0.508. The lowest BCUT2D eigenvalue weighted by Gasteiger charge is -2.41. The summed E-state index contributed by atoms with van der Waals surface area (Å²) < 4.78 is 53.9. The number of halogens is 1. The summed E-state index contributed by atoms with van der Waals surface area (Å²) in [4.78, 5) is -0.00638. The highest BCUT2D eigenvalue weighted by atomic mass is 32.2. The Morgan fingerprint density at radius 2 is 1.50 bits per heavy atom. The number of aliphatic hydroxyl groups is 2. The first-order chi connectivity index (χ1) is 15.7. The number of rotatable bonds is 12. The third kappa shape index (κ3) is 7.59. The minimum atomic E-state index is -4.02. The second kappa shape index (κ2) is 11.3. The van der Waals surface area contributed by atoms with Gasteiger partial charge in [-0.2, -0.15) is 0 Å². The van der Waals surface area contributed by atoms with Crippen LogP contribution in [-0.4, -0.2) is 52.3 Å². The van der Waals surface area contributed by atoms with Crippen LogP contribution in [0.2, 0.25) is 18.1 Å². The lowest BCUT2D eigenvalue weighted by molar-refractivity contribution is 0.0989. The average Bonchev–Trinajstić information content (AvgIpc) is 2.77. The van der Waals surface area contributed by atoms with Crippen LogP contribution in [0.3, 0.4) is 0 Å². The molecule has 34 heavy (non-hydrogen) atoms. The van der Waals surface area contributed by atoms with E-state index in [0.717, 1.165) is 0 Å². The molecule has 0 aromatic heterocycles. The first kappa shape index (κ1) is 28.4. The molecule has 1 unspecified atom stereocenters. The molecular formula is C24H36FNO6SSi. The maximum atomic E-state index is 13.2. The Hall–Kier alpha value is -1.82. The summed E-state index contributed by atoms with van der Waals surface area (Å²) >= 11 is 0. The monoisotopic (exact) mass is 513 g/mol. The van der Waals surface area contributed by atoms with E-state index in [2.05, 4.69) is 38.6 Å². The molecule has 0 saturated heterocycles. The van der Waals surface area contributed by atoms with Gasteiger partial charge in [-0.1, -0.05) is 20.8 Å². The first-order valence-electron chi connectivity index (χ1n) is 11.2. The van der Waals surface area contributed by atoms with Gasteiger partial charge in [-0.3, -0.25) is 0 Å². The van der Waals surface area contributed by atoms with Crippen LogP contribution in [0, 0.1) is 5.82 Å². The van der Waals surface area contributed by atoms with E-state index in [9.17, 15) is 23.0 Å². The zero-order valence-electron chi connectivity index (χ0n) is 20.5. The third-order valence-electron chi connectivity index (χ3n) is 6.17. The summed E-state index contributed by atoms with van der Waals surface area (Å²) in [7, 11) is -6.24. The number of sulfonamides is 1. The summed E-state index contributed by atoms with van der Waals surface area (Å²) in [6.45, 7) is 9.70. The summed E-state index contributed by atoms with van der Waals surface area (Å²) in [5.41, 5.74) is -1.28. The van der Waals surface area contributed by atoms with Gasteiger partial charge in [-0.25, -0.2) is 17.5 Å². The normalized spacial score (nSPS) is 14.6. The van der Waals surface area contributed by atoms with Crippen molar-refractivity contribution in [2.45, 2.75) is 62.2 Å². The predicted molar refractivity (Wildman–Crippen MR) is 133 cm³/mol. The molecule has 1 atom stereocenters. The molecule has 0 radical (unpaired) electrons. The first-order valence-corrected chi connectivity index (χ1v) is 15.6. The van der Waals surface area contributed by atoms with Gasteiger partial charge in [0.2, 0.25) is 10.0 Å². The minimum absolute atomic E-state index is 0.00638. The van der Waals surface area contributed by atoms with Gasteiger partial charge in [0, 0.05) is 6.61 Å². The van der Waals surface area contributed by atoms with Crippen LogP contribution >= 0.6 is 0 Å². The fourth-order valence-electron chi connectivity index (χ4n) is 2.93. The number of benzene rings is 2. The van der Waals surface area contributed by atoms with Gasteiger partial charge in [0.15, 0.2) is 8.32 Å². The van der Waals surface area contributed by atoms with Gasteiger partial charge in [0.25, 0.3) is 0 Å². The van der Waals surface area contributed by atoms with Crippen molar-refractivity contribution < 1.29 is 32.2 Å². The lowest BCUT2D eigenvalue weighted by atomic mass is 9.97. The van der Waals surface area contributed by atoms with E-state index >= 15 is 0 Å². The molecule has 0 fully saturated rings. The van der Waals surface area contributed by atoms with Crippen LogP contribution < -0.4 is 9.46 Å². The van der Waals surface area contributed by atoms with Gasteiger partial charge in [-0.15, -0.1) is 0 Å². The van der Waals surface area contributed by atoms with Crippen LogP contribution in [0.5, 0.6) is 11.5 Å². The van der Waals surface area contributed by atoms with Crippen molar-refractivity contribution in [1.82, 2.24) is 4.72 Å². The molecule has 0 aliphatic rings. The molecule has 7 nitrogen and oxygen atoms in total. The number of ether oxygens (including phenoxy) is 1. The Kier molecular flexibility index (Phi) is 9.42. The van der Waals surface area contributed by atoms with Crippen LogP contribution in [0.1, 0.15) is 33.6 Å². The highest BCUT2D eigenvalue weighted by Gasteiger charge is 2.42.